The number of fused-ring (bicyclic) bond motifs is 2. The highest BCUT2D eigenvalue weighted by Crippen LogP contribution is 2.37. The zero-order valence-corrected chi connectivity index (χ0v) is 19.7. The van der Waals surface area contributed by atoms with E-state index >= 15 is 0 Å². The van der Waals surface area contributed by atoms with E-state index in [9.17, 15) is 4.79 Å². The average molecular weight is 483 g/mol. The van der Waals surface area contributed by atoms with Crippen molar-refractivity contribution in [2.24, 2.45) is 0 Å². The van der Waals surface area contributed by atoms with Crippen LogP contribution < -0.4 is 5.56 Å². The molecule has 0 bridgehead atoms. The Bertz CT molecular complexity index is 1670. The van der Waals surface area contributed by atoms with Gasteiger partial charge in [0.2, 0.25) is 0 Å². The van der Waals surface area contributed by atoms with E-state index in [0.29, 0.717) is 11.2 Å². The Morgan fingerprint density at radius 1 is 1.03 bits per heavy atom. The molecule has 4 heterocycles. The lowest BCUT2D eigenvalue weighted by atomic mass is 10.1. The van der Waals surface area contributed by atoms with Crippen molar-refractivity contribution < 1.29 is 0 Å². The van der Waals surface area contributed by atoms with Gasteiger partial charge in [0, 0.05) is 10.9 Å². The minimum Gasteiger partial charge on any atom is -0.309 e. The maximum Gasteiger partial charge on any atom is 0.260 e. The zero-order chi connectivity index (χ0) is 23.1. The highest BCUT2D eigenvalue weighted by molar-refractivity contribution is 7.99. The lowest BCUT2D eigenvalue weighted by Gasteiger charge is -2.11. The summed E-state index contributed by atoms with van der Waals surface area (Å²) in [6, 6.07) is 19.8. The summed E-state index contributed by atoms with van der Waals surface area (Å²) in [5.41, 5.74) is 3.46. The van der Waals surface area contributed by atoms with E-state index in [4.69, 9.17) is 4.98 Å². The van der Waals surface area contributed by atoms with Gasteiger partial charge in [-0.3, -0.25) is 4.79 Å². The van der Waals surface area contributed by atoms with Crippen LogP contribution >= 0.6 is 23.1 Å². The highest BCUT2D eigenvalue weighted by atomic mass is 32.2. The molecule has 0 radical (unpaired) electrons. The van der Waals surface area contributed by atoms with Crippen LogP contribution in [0.2, 0.25) is 0 Å². The molecule has 6 aromatic rings. The Hall–Kier alpha value is -3.82. The number of aromatic nitrogens is 6. The standard InChI is InChI=1S/C25H18N6OS2/c1-15(21-29-23(32)20-19(13-33-25(20)30-21)16-8-4-2-5-9-16)34-24-18-12-28-31(22(18)26-14-27-24)17-10-6-3-7-11-17/h2-15H,1H3,(H,29,30,32)/t15-/m0/s1. The molecule has 4 aromatic heterocycles. The first-order valence-electron chi connectivity index (χ1n) is 10.7. The minimum atomic E-state index is -0.128. The van der Waals surface area contributed by atoms with Crippen molar-refractivity contribution in [3.63, 3.8) is 0 Å². The summed E-state index contributed by atoms with van der Waals surface area (Å²) in [5.74, 6) is 0.617. The smallest absolute Gasteiger partial charge is 0.260 e. The molecule has 34 heavy (non-hydrogen) atoms. The predicted molar refractivity (Wildman–Crippen MR) is 137 cm³/mol. The third-order valence-corrected chi connectivity index (χ3v) is 7.55. The fourth-order valence-corrected chi connectivity index (χ4v) is 5.78. The van der Waals surface area contributed by atoms with E-state index in [2.05, 4.69) is 20.1 Å². The molecule has 0 fully saturated rings. The first kappa shape index (κ1) is 20.8. The number of rotatable bonds is 5. The molecule has 0 aliphatic heterocycles. The van der Waals surface area contributed by atoms with Crippen LogP contribution in [0.25, 0.3) is 38.1 Å². The molecule has 0 amide bonds. The summed E-state index contributed by atoms with van der Waals surface area (Å²) in [6.45, 7) is 2.01. The normalized spacial score (nSPS) is 12.4. The third kappa shape index (κ3) is 3.59. The molecule has 2 aromatic carbocycles. The summed E-state index contributed by atoms with van der Waals surface area (Å²) >= 11 is 3.01. The number of thioether (sulfide) groups is 1. The molecule has 0 aliphatic rings. The Labute approximate surface area is 202 Å². The van der Waals surface area contributed by atoms with Crippen LogP contribution in [0.5, 0.6) is 0 Å². The number of nitrogens with zero attached hydrogens (tertiary/aromatic N) is 5. The first-order chi connectivity index (χ1) is 16.7. The van der Waals surface area contributed by atoms with Crippen molar-refractivity contribution in [3.8, 4) is 16.8 Å². The van der Waals surface area contributed by atoms with E-state index < -0.39 is 0 Å². The highest BCUT2D eigenvalue weighted by Gasteiger charge is 2.19. The monoisotopic (exact) mass is 482 g/mol. The number of para-hydroxylation sites is 1. The molecule has 9 heteroatoms. The number of benzene rings is 2. The number of hydrogen-bond acceptors (Lipinski definition) is 7. The van der Waals surface area contributed by atoms with Crippen molar-refractivity contribution in [2.45, 2.75) is 17.2 Å². The van der Waals surface area contributed by atoms with Gasteiger partial charge < -0.3 is 4.98 Å². The SMILES string of the molecule is C[C@H](Sc1ncnc2c1cnn2-c1ccccc1)c1nc2scc(-c3ccccc3)c2c(=O)[nH]1. The number of hydrogen-bond donors (Lipinski definition) is 1. The summed E-state index contributed by atoms with van der Waals surface area (Å²) < 4.78 is 1.80. The summed E-state index contributed by atoms with van der Waals surface area (Å²) in [5, 5.41) is 8.67. The number of H-pyrrole nitrogens is 1. The predicted octanol–water partition coefficient (Wildman–Crippen LogP) is 5.63. The van der Waals surface area contributed by atoms with Crippen molar-refractivity contribution in [1.29, 1.82) is 0 Å². The molecule has 0 saturated heterocycles. The molecule has 0 saturated carbocycles. The minimum absolute atomic E-state index is 0.127. The second-order valence-corrected chi connectivity index (χ2v) is 9.90. The van der Waals surface area contributed by atoms with Crippen molar-refractivity contribution >= 4 is 44.3 Å². The first-order valence-corrected chi connectivity index (χ1v) is 12.4. The van der Waals surface area contributed by atoms with E-state index in [1.54, 1.807) is 17.2 Å². The van der Waals surface area contributed by atoms with Crippen molar-refractivity contribution in [2.75, 3.05) is 0 Å². The van der Waals surface area contributed by atoms with Gasteiger partial charge in [-0.25, -0.2) is 19.6 Å². The van der Waals surface area contributed by atoms with Gasteiger partial charge >= 0.3 is 0 Å². The van der Waals surface area contributed by atoms with Gasteiger partial charge in [-0.2, -0.15) is 5.10 Å². The maximum atomic E-state index is 13.0. The molecular formula is C25H18N6OS2. The van der Waals surface area contributed by atoms with Crippen LogP contribution in [0.3, 0.4) is 0 Å². The Kier molecular flexibility index (Phi) is 5.20. The molecule has 166 valence electrons. The van der Waals surface area contributed by atoms with E-state index in [1.165, 1.54) is 23.1 Å². The van der Waals surface area contributed by atoms with Gasteiger partial charge in [-0.15, -0.1) is 11.3 Å². The summed E-state index contributed by atoms with van der Waals surface area (Å²) in [6.07, 6.45) is 3.32. The fourth-order valence-electron chi connectivity index (χ4n) is 3.89. The Morgan fingerprint density at radius 2 is 1.79 bits per heavy atom. The second-order valence-electron chi connectivity index (χ2n) is 7.71. The van der Waals surface area contributed by atoms with Gasteiger partial charge in [0.05, 0.1) is 27.9 Å². The van der Waals surface area contributed by atoms with E-state index in [0.717, 1.165) is 37.7 Å². The van der Waals surface area contributed by atoms with Crippen LogP contribution in [-0.2, 0) is 0 Å². The van der Waals surface area contributed by atoms with E-state index in [1.807, 2.05) is 73.0 Å². The van der Waals surface area contributed by atoms with Crippen LogP contribution in [0.1, 0.15) is 18.0 Å². The molecule has 0 unspecified atom stereocenters. The van der Waals surface area contributed by atoms with Crippen LogP contribution in [0.15, 0.2) is 88.4 Å². The van der Waals surface area contributed by atoms with Crippen LogP contribution in [-0.4, -0.2) is 29.7 Å². The molecular weight excluding hydrogens is 464 g/mol. The molecule has 0 aliphatic carbocycles. The maximum absolute atomic E-state index is 13.0. The topological polar surface area (TPSA) is 89.3 Å². The van der Waals surface area contributed by atoms with Gasteiger partial charge in [-0.1, -0.05) is 60.3 Å². The molecule has 7 nitrogen and oxygen atoms in total. The van der Waals surface area contributed by atoms with Crippen molar-refractivity contribution in [1.82, 2.24) is 29.7 Å². The third-order valence-electron chi connectivity index (χ3n) is 5.55. The lowest BCUT2D eigenvalue weighted by molar-refractivity contribution is 0.893. The summed E-state index contributed by atoms with van der Waals surface area (Å²) in [4.78, 5) is 30.5. The zero-order valence-electron chi connectivity index (χ0n) is 18.0. The number of aromatic amines is 1. The largest absolute Gasteiger partial charge is 0.309 e. The number of nitrogens with one attached hydrogen (secondary N) is 1. The molecule has 6 rings (SSSR count). The molecule has 1 atom stereocenters. The number of thiophene rings is 1. The Balaban J connectivity index is 1.35. The van der Waals surface area contributed by atoms with Gasteiger partial charge in [0.15, 0.2) is 5.65 Å². The van der Waals surface area contributed by atoms with Crippen LogP contribution in [0.4, 0.5) is 0 Å². The van der Waals surface area contributed by atoms with Crippen molar-refractivity contribution in [3.05, 3.63) is 94.7 Å². The molecule has 1 N–H and O–H groups in total. The Morgan fingerprint density at radius 3 is 2.59 bits per heavy atom. The lowest BCUT2D eigenvalue weighted by Crippen LogP contribution is -2.12. The van der Waals surface area contributed by atoms with Gasteiger partial charge in [-0.05, 0) is 24.6 Å². The summed E-state index contributed by atoms with van der Waals surface area (Å²) in [7, 11) is 0. The van der Waals surface area contributed by atoms with Gasteiger partial charge in [0.1, 0.15) is 22.0 Å². The second kappa shape index (κ2) is 8.51. The van der Waals surface area contributed by atoms with E-state index in [-0.39, 0.29) is 10.8 Å². The molecule has 0 spiro atoms. The quantitative estimate of drug-likeness (QED) is 0.253. The fraction of sp³-hybridized carbons (Fsp3) is 0.0800. The van der Waals surface area contributed by atoms with Gasteiger partial charge in [0.25, 0.3) is 5.56 Å². The average Bonchev–Trinajstić information content (AvgIpc) is 3.51. The van der Waals surface area contributed by atoms with Crippen LogP contribution in [0, 0.1) is 0 Å².